The van der Waals surface area contributed by atoms with Crippen LogP contribution in [-0.2, 0) is 17.9 Å². The van der Waals surface area contributed by atoms with Crippen LogP contribution in [0.25, 0.3) is 21.7 Å². The molecule has 2 fully saturated rings. The number of nitrogens with one attached hydrogen (secondary N) is 4. The summed E-state index contributed by atoms with van der Waals surface area (Å²) in [7, 11) is 0. The number of thiazole rings is 1. The number of anilines is 3. The van der Waals surface area contributed by atoms with Crippen molar-refractivity contribution in [3.05, 3.63) is 101 Å². The van der Waals surface area contributed by atoms with E-state index in [4.69, 9.17) is 10.5 Å². The third-order valence-corrected chi connectivity index (χ3v) is 11.6. The molecule has 4 heterocycles. The number of nitrogen functional groups attached to an aromatic ring is 1. The molecule has 7 N–H and O–H groups in total. The number of nitrogens with zero attached hydrogens (tertiary/aromatic N) is 5. The highest BCUT2D eigenvalue weighted by molar-refractivity contribution is 7.13. The maximum Gasteiger partial charge on any atom is 0.407 e. The predicted octanol–water partition coefficient (Wildman–Crippen LogP) is 7.02. The van der Waals surface area contributed by atoms with E-state index in [1.165, 1.54) is 5.56 Å². The summed E-state index contributed by atoms with van der Waals surface area (Å²) in [6.45, 7) is 15.3. The highest BCUT2D eigenvalue weighted by atomic mass is 32.1. The van der Waals surface area contributed by atoms with Crippen molar-refractivity contribution in [2.45, 2.75) is 71.3 Å². The second-order valence-electron chi connectivity index (χ2n) is 16.3. The second-order valence-corrected chi connectivity index (χ2v) is 17.2. The first kappa shape index (κ1) is 40.9. The molecule has 0 spiro atoms. The fourth-order valence-corrected chi connectivity index (χ4v) is 8.33. The van der Waals surface area contributed by atoms with Gasteiger partial charge in [0.25, 0.3) is 0 Å². The lowest BCUT2D eigenvalue weighted by atomic mass is 10.0. The Bertz CT molecular complexity index is 2150. The van der Waals surface area contributed by atoms with E-state index in [0.29, 0.717) is 23.1 Å². The lowest BCUT2D eigenvalue weighted by Crippen LogP contribution is -2.54. The number of carbonyl (C=O) groups excluding carboxylic acids is 1. The van der Waals surface area contributed by atoms with Gasteiger partial charge in [0.2, 0.25) is 0 Å². The first-order valence-corrected chi connectivity index (χ1v) is 21.0. The number of piperazine rings is 1. The van der Waals surface area contributed by atoms with Gasteiger partial charge < -0.3 is 36.8 Å². The van der Waals surface area contributed by atoms with Crippen molar-refractivity contribution in [1.82, 2.24) is 35.6 Å². The highest BCUT2D eigenvalue weighted by Gasteiger charge is 2.28. The molecule has 0 bridgehead atoms. The molecule has 2 saturated heterocycles. The summed E-state index contributed by atoms with van der Waals surface area (Å²) in [4.78, 5) is 22.9. The minimum Gasteiger partial charge on any atom is -0.507 e. The van der Waals surface area contributed by atoms with Gasteiger partial charge in [-0.1, -0.05) is 36.4 Å². The summed E-state index contributed by atoms with van der Waals surface area (Å²) >= 11 is 1.63. The van der Waals surface area contributed by atoms with Gasteiger partial charge in [0, 0.05) is 79.4 Å². The molecule has 2 aliphatic rings. The number of rotatable bonds is 15. The Morgan fingerprint density at radius 1 is 1.05 bits per heavy atom. The summed E-state index contributed by atoms with van der Waals surface area (Å²) < 4.78 is 5.58. The van der Waals surface area contributed by atoms with Crippen molar-refractivity contribution < 1.29 is 14.6 Å². The van der Waals surface area contributed by atoms with Crippen molar-refractivity contribution >= 4 is 34.6 Å². The van der Waals surface area contributed by atoms with Gasteiger partial charge >= 0.3 is 6.09 Å². The zero-order valence-electron chi connectivity index (χ0n) is 33.9. The van der Waals surface area contributed by atoms with Crippen LogP contribution in [0.3, 0.4) is 0 Å². The molecule has 3 aromatic carbocycles. The first-order valence-electron chi connectivity index (χ1n) is 20.2. The number of nitrogens with two attached hydrogens (primary N) is 1. The Morgan fingerprint density at radius 3 is 2.62 bits per heavy atom. The van der Waals surface area contributed by atoms with E-state index < -0.39 is 6.09 Å². The number of phenols is 1. The number of aromatic nitrogens is 3. The van der Waals surface area contributed by atoms with E-state index in [2.05, 4.69) is 82.6 Å². The first-order chi connectivity index (χ1) is 28.0. The van der Waals surface area contributed by atoms with Crippen LogP contribution < -0.4 is 27.0 Å². The van der Waals surface area contributed by atoms with Gasteiger partial charge in [-0.3, -0.25) is 9.80 Å². The number of benzene rings is 3. The van der Waals surface area contributed by atoms with Crippen molar-refractivity contribution in [2.24, 2.45) is 0 Å². The topological polar surface area (TPSA) is 166 Å². The monoisotopic (exact) mass is 804 g/mol. The van der Waals surface area contributed by atoms with Gasteiger partial charge in [0.05, 0.1) is 33.9 Å². The van der Waals surface area contributed by atoms with Crippen LogP contribution >= 0.6 is 11.3 Å². The van der Waals surface area contributed by atoms with Crippen molar-refractivity contribution in [2.75, 3.05) is 62.2 Å². The summed E-state index contributed by atoms with van der Waals surface area (Å²) in [5.41, 5.74) is 16.5. The molecule has 5 aromatic rings. The maximum absolute atomic E-state index is 12.4. The Balaban J connectivity index is 0.857. The molecular formula is C44H56N10O3S. The number of ether oxygens (including phenoxy) is 1. The molecule has 0 saturated carbocycles. The van der Waals surface area contributed by atoms with Crippen LogP contribution in [0.15, 0.2) is 78.3 Å². The number of hydrogen-bond acceptors (Lipinski definition) is 13. The predicted molar refractivity (Wildman–Crippen MR) is 233 cm³/mol. The fourth-order valence-electron chi connectivity index (χ4n) is 7.52. The summed E-state index contributed by atoms with van der Waals surface area (Å²) in [5.74, 6) is 0.578. The molecule has 58 heavy (non-hydrogen) atoms. The minimum atomic E-state index is -0.423. The SMILES string of the molecule is Cc1ncsc1-c1ccc(COC(=O)NC(C)(C)C)c(NCCCCN2CC(Nc3ccc(CN4CCNCC4c4cc(-c5ccccc5O)nnc4N)cc3)C2)c1. The summed E-state index contributed by atoms with van der Waals surface area (Å²) in [6, 6.07) is 24.6. The highest BCUT2D eigenvalue weighted by Crippen LogP contribution is 2.34. The lowest BCUT2D eigenvalue weighted by Gasteiger charge is -2.40. The molecular weight excluding hydrogens is 749 g/mol. The maximum atomic E-state index is 12.4. The number of para-hydroxylation sites is 1. The number of hydrogen-bond donors (Lipinski definition) is 6. The number of phenolic OH excluding ortho intramolecular Hbond substituents is 1. The normalized spacial score (nSPS) is 16.4. The zero-order chi connectivity index (χ0) is 40.6. The Morgan fingerprint density at radius 2 is 1.86 bits per heavy atom. The van der Waals surface area contributed by atoms with Crippen LogP contribution in [-0.4, -0.2) is 93.6 Å². The van der Waals surface area contributed by atoms with Crippen LogP contribution in [0.5, 0.6) is 5.75 Å². The number of aromatic hydroxyl groups is 1. The van der Waals surface area contributed by atoms with Crippen molar-refractivity contribution in [1.29, 1.82) is 0 Å². The van der Waals surface area contributed by atoms with Crippen molar-refractivity contribution in [3.8, 4) is 27.4 Å². The molecule has 14 heteroatoms. The van der Waals surface area contributed by atoms with Gasteiger partial charge in [-0.05, 0) is 94.6 Å². The third kappa shape index (κ3) is 10.6. The van der Waals surface area contributed by atoms with E-state index >= 15 is 0 Å². The average Bonchev–Trinajstić information content (AvgIpc) is 3.62. The van der Waals surface area contributed by atoms with E-state index in [1.807, 2.05) is 57.5 Å². The second kappa shape index (κ2) is 18.5. The molecule has 7 rings (SSSR count). The smallest absolute Gasteiger partial charge is 0.407 e. The summed E-state index contributed by atoms with van der Waals surface area (Å²) in [6.07, 6.45) is 1.69. The quantitative estimate of drug-likeness (QED) is 0.0600. The minimum absolute atomic E-state index is 0.0261. The number of carbonyl (C=O) groups is 1. The van der Waals surface area contributed by atoms with Crippen LogP contribution in [0.4, 0.5) is 22.0 Å². The number of alkyl carbamates (subject to hydrolysis) is 1. The van der Waals surface area contributed by atoms with Gasteiger partial charge in [0.15, 0.2) is 5.82 Å². The van der Waals surface area contributed by atoms with E-state index in [0.717, 1.165) is 104 Å². The average molecular weight is 805 g/mol. The molecule has 306 valence electrons. The standard InChI is InChI=1S/C44H56N10O3S/c1-29-41(58-28-48-29)31-13-14-32(27-57-43(56)50-44(2,3)4)37(21-31)47-17-7-8-19-53-25-34(26-53)49-33-15-11-30(12-16-33)24-54-20-18-46-23-39(54)36-22-38(51-52-42(36)45)35-9-5-6-10-40(35)55/h5-6,9-16,21-22,28,34,39,46-47,49,55H,7-8,17-20,23-27H2,1-4H3,(H2,45,52)(H,50,56). The van der Waals surface area contributed by atoms with Gasteiger partial charge in [-0.25, -0.2) is 9.78 Å². The van der Waals surface area contributed by atoms with Crippen LogP contribution in [0, 0.1) is 6.92 Å². The molecule has 13 nitrogen and oxygen atoms in total. The molecule has 1 unspecified atom stereocenters. The Kier molecular flexibility index (Phi) is 13.1. The molecule has 0 radical (unpaired) electrons. The number of likely N-dealkylation sites (tertiary alicyclic amines) is 1. The number of aryl methyl sites for hydroxylation is 1. The van der Waals surface area contributed by atoms with E-state index in [9.17, 15) is 9.90 Å². The largest absolute Gasteiger partial charge is 0.507 e. The van der Waals surface area contributed by atoms with Gasteiger partial charge in [0.1, 0.15) is 12.4 Å². The molecule has 1 atom stereocenters. The number of unbranched alkanes of at least 4 members (excludes halogenated alkanes) is 1. The van der Waals surface area contributed by atoms with Gasteiger partial charge in [-0.15, -0.1) is 21.5 Å². The number of amides is 1. The fraction of sp³-hybridized carbons (Fsp3) is 0.409. The summed E-state index contributed by atoms with van der Waals surface area (Å²) in [5, 5.41) is 32.7. The molecule has 2 aliphatic heterocycles. The van der Waals surface area contributed by atoms with Crippen LogP contribution in [0.2, 0.25) is 0 Å². The Labute approximate surface area is 345 Å². The van der Waals surface area contributed by atoms with Gasteiger partial charge in [-0.2, -0.15) is 0 Å². The van der Waals surface area contributed by atoms with E-state index in [-0.39, 0.29) is 23.9 Å². The van der Waals surface area contributed by atoms with E-state index in [1.54, 1.807) is 23.5 Å². The molecule has 2 aromatic heterocycles. The third-order valence-electron chi connectivity index (χ3n) is 10.6. The lowest BCUT2D eigenvalue weighted by molar-refractivity contribution is 0.131. The van der Waals surface area contributed by atoms with Crippen LogP contribution in [0.1, 0.15) is 62.0 Å². The van der Waals surface area contributed by atoms with Crippen molar-refractivity contribution in [3.63, 3.8) is 0 Å². The molecule has 1 amide bonds. The zero-order valence-corrected chi connectivity index (χ0v) is 34.7. The molecule has 0 aliphatic carbocycles. The Hall–Kier alpha value is -5.28.